The molecule has 1 N–H and O–H groups in total. The average Bonchev–Trinajstić information content (AvgIpc) is 2.59. The molecule has 1 aromatic rings. The van der Waals surface area contributed by atoms with E-state index in [-0.39, 0.29) is 6.29 Å². The van der Waals surface area contributed by atoms with Crippen molar-refractivity contribution < 1.29 is 13.9 Å². The smallest absolute Gasteiger partial charge is 0.208 e. The minimum atomic E-state index is -0.231. The Morgan fingerprint density at radius 2 is 2.21 bits per heavy atom. The lowest BCUT2D eigenvalue weighted by Gasteiger charge is -2.12. The summed E-state index contributed by atoms with van der Waals surface area (Å²) in [7, 11) is 3.20. The zero-order valence-corrected chi connectivity index (χ0v) is 8.74. The summed E-state index contributed by atoms with van der Waals surface area (Å²) in [4.78, 5) is 4.05. The standard InChI is InChI=1S/C9H16N2O3/c1-7-4-11-8(14-7)5-10-6-9(12-2)13-3/h4,9-10H,5-6H2,1-3H3. The molecule has 0 amide bonds. The molecule has 5 heteroatoms. The fourth-order valence-corrected chi connectivity index (χ4v) is 1.04. The molecule has 0 saturated carbocycles. The van der Waals surface area contributed by atoms with Gasteiger partial charge in [0.1, 0.15) is 5.76 Å². The molecule has 0 spiro atoms. The third kappa shape index (κ3) is 3.45. The van der Waals surface area contributed by atoms with E-state index < -0.39 is 0 Å². The zero-order chi connectivity index (χ0) is 10.4. The summed E-state index contributed by atoms with van der Waals surface area (Å²) in [6.07, 6.45) is 1.47. The number of nitrogens with zero attached hydrogens (tertiary/aromatic N) is 1. The molecule has 0 aliphatic rings. The summed E-state index contributed by atoms with van der Waals surface area (Å²) in [5.41, 5.74) is 0. The zero-order valence-electron chi connectivity index (χ0n) is 8.74. The van der Waals surface area contributed by atoms with Crippen LogP contribution in [-0.4, -0.2) is 32.0 Å². The van der Waals surface area contributed by atoms with E-state index >= 15 is 0 Å². The van der Waals surface area contributed by atoms with E-state index in [1.165, 1.54) is 0 Å². The van der Waals surface area contributed by atoms with Crippen LogP contribution in [0.4, 0.5) is 0 Å². The predicted molar refractivity (Wildman–Crippen MR) is 50.8 cm³/mol. The Balaban J connectivity index is 2.21. The minimum absolute atomic E-state index is 0.231. The van der Waals surface area contributed by atoms with Crippen LogP contribution in [0, 0.1) is 6.92 Å². The van der Waals surface area contributed by atoms with E-state index in [9.17, 15) is 0 Å². The molecule has 0 aliphatic heterocycles. The second-order valence-corrected chi connectivity index (χ2v) is 2.90. The largest absolute Gasteiger partial charge is 0.445 e. The first-order chi connectivity index (χ1) is 6.76. The summed E-state index contributed by atoms with van der Waals surface area (Å²) in [6, 6.07) is 0. The van der Waals surface area contributed by atoms with Gasteiger partial charge >= 0.3 is 0 Å². The van der Waals surface area contributed by atoms with E-state index in [0.29, 0.717) is 19.0 Å². The summed E-state index contributed by atoms with van der Waals surface area (Å²) >= 11 is 0. The first-order valence-corrected chi connectivity index (χ1v) is 4.44. The van der Waals surface area contributed by atoms with Gasteiger partial charge < -0.3 is 19.2 Å². The number of nitrogens with one attached hydrogen (secondary N) is 1. The lowest BCUT2D eigenvalue weighted by atomic mass is 10.5. The Kier molecular flexibility index (Phi) is 4.58. The van der Waals surface area contributed by atoms with Crippen LogP contribution in [0.25, 0.3) is 0 Å². The van der Waals surface area contributed by atoms with E-state index in [0.717, 1.165) is 5.76 Å². The van der Waals surface area contributed by atoms with Crippen LogP contribution in [0.2, 0.25) is 0 Å². The van der Waals surface area contributed by atoms with E-state index in [1.807, 2.05) is 6.92 Å². The molecule has 0 fully saturated rings. The van der Waals surface area contributed by atoms with Crippen LogP contribution < -0.4 is 5.32 Å². The monoisotopic (exact) mass is 200 g/mol. The lowest BCUT2D eigenvalue weighted by molar-refractivity contribution is -0.0990. The maximum absolute atomic E-state index is 5.28. The van der Waals surface area contributed by atoms with E-state index in [2.05, 4.69) is 10.3 Å². The molecule has 80 valence electrons. The van der Waals surface area contributed by atoms with Gasteiger partial charge in [-0.05, 0) is 6.92 Å². The lowest BCUT2D eigenvalue weighted by Crippen LogP contribution is -2.29. The summed E-state index contributed by atoms with van der Waals surface area (Å²) in [5, 5.41) is 3.11. The first-order valence-electron chi connectivity index (χ1n) is 4.44. The molecule has 0 unspecified atom stereocenters. The molecule has 0 aliphatic carbocycles. The summed E-state index contributed by atoms with van der Waals surface area (Å²) in [5.74, 6) is 1.49. The second kappa shape index (κ2) is 5.74. The van der Waals surface area contributed by atoms with Gasteiger partial charge in [0.05, 0.1) is 12.7 Å². The first kappa shape index (κ1) is 11.2. The highest BCUT2D eigenvalue weighted by Gasteiger charge is 2.05. The Hall–Kier alpha value is -0.910. The molecular weight excluding hydrogens is 184 g/mol. The maximum atomic E-state index is 5.28. The molecule has 1 aromatic heterocycles. The van der Waals surface area contributed by atoms with Crippen LogP contribution in [0.5, 0.6) is 0 Å². The molecule has 0 aromatic carbocycles. The van der Waals surface area contributed by atoms with Crippen molar-refractivity contribution in [1.29, 1.82) is 0 Å². The molecule has 0 radical (unpaired) electrons. The SMILES string of the molecule is COC(CNCc1ncc(C)o1)OC. The number of methoxy groups -OCH3 is 2. The highest BCUT2D eigenvalue weighted by Crippen LogP contribution is 2.00. The van der Waals surface area contributed by atoms with Crippen LogP contribution in [0.15, 0.2) is 10.6 Å². The van der Waals surface area contributed by atoms with Gasteiger partial charge in [-0.2, -0.15) is 0 Å². The average molecular weight is 200 g/mol. The van der Waals surface area contributed by atoms with E-state index in [4.69, 9.17) is 13.9 Å². The summed E-state index contributed by atoms with van der Waals surface area (Å²) in [6.45, 7) is 3.05. The molecule has 0 atom stereocenters. The number of hydrogen-bond acceptors (Lipinski definition) is 5. The van der Waals surface area contributed by atoms with Gasteiger partial charge in [0, 0.05) is 20.8 Å². The Bertz CT molecular complexity index is 258. The second-order valence-electron chi connectivity index (χ2n) is 2.90. The molecular formula is C9H16N2O3. The van der Waals surface area contributed by atoms with Crippen molar-refractivity contribution in [3.63, 3.8) is 0 Å². The van der Waals surface area contributed by atoms with Gasteiger partial charge in [0.15, 0.2) is 6.29 Å². The highest BCUT2D eigenvalue weighted by molar-refractivity contribution is 4.90. The number of rotatable bonds is 6. The van der Waals surface area contributed by atoms with Crippen molar-refractivity contribution in [3.8, 4) is 0 Å². The van der Waals surface area contributed by atoms with Gasteiger partial charge in [0.25, 0.3) is 0 Å². The fraction of sp³-hybridized carbons (Fsp3) is 0.667. The number of ether oxygens (including phenoxy) is 2. The van der Waals surface area contributed by atoms with Crippen molar-refractivity contribution in [3.05, 3.63) is 17.8 Å². The maximum Gasteiger partial charge on any atom is 0.208 e. The number of aryl methyl sites for hydroxylation is 1. The van der Waals surface area contributed by atoms with Crippen molar-refractivity contribution in [2.45, 2.75) is 19.8 Å². The molecule has 5 nitrogen and oxygen atoms in total. The predicted octanol–water partition coefficient (Wildman–Crippen LogP) is 0.692. The Labute approximate surface area is 83.4 Å². The highest BCUT2D eigenvalue weighted by atomic mass is 16.7. The minimum Gasteiger partial charge on any atom is -0.445 e. The van der Waals surface area contributed by atoms with Gasteiger partial charge in [-0.25, -0.2) is 4.98 Å². The number of hydrogen-bond donors (Lipinski definition) is 1. The topological polar surface area (TPSA) is 56.5 Å². The van der Waals surface area contributed by atoms with Gasteiger partial charge in [-0.15, -0.1) is 0 Å². The summed E-state index contributed by atoms with van der Waals surface area (Å²) < 4.78 is 15.3. The Morgan fingerprint density at radius 3 is 2.71 bits per heavy atom. The van der Waals surface area contributed by atoms with Crippen molar-refractivity contribution in [2.75, 3.05) is 20.8 Å². The van der Waals surface area contributed by atoms with Gasteiger partial charge in [0.2, 0.25) is 5.89 Å². The van der Waals surface area contributed by atoms with Crippen molar-refractivity contribution >= 4 is 0 Å². The van der Waals surface area contributed by atoms with Crippen LogP contribution >= 0.6 is 0 Å². The molecule has 0 bridgehead atoms. The fourth-order valence-electron chi connectivity index (χ4n) is 1.04. The van der Waals surface area contributed by atoms with Crippen LogP contribution in [-0.2, 0) is 16.0 Å². The quantitative estimate of drug-likeness (QED) is 0.685. The van der Waals surface area contributed by atoms with Crippen molar-refractivity contribution in [1.82, 2.24) is 10.3 Å². The molecule has 0 saturated heterocycles. The van der Waals surface area contributed by atoms with Crippen LogP contribution in [0.1, 0.15) is 11.7 Å². The van der Waals surface area contributed by atoms with E-state index in [1.54, 1.807) is 20.4 Å². The van der Waals surface area contributed by atoms with Crippen molar-refractivity contribution in [2.24, 2.45) is 0 Å². The van der Waals surface area contributed by atoms with Gasteiger partial charge in [-0.1, -0.05) is 0 Å². The molecule has 1 rings (SSSR count). The number of oxazole rings is 1. The normalized spacial score (nSPS) is 11.1. The van der Waals surface area contributed by atoms with Gasteiger partial charge in [-0.3, -0.25) is 0 Å². The Morgan fingerprint density at radius 1 is 1.50 bits per heavy atom. The molecule has 14 heavy (non-hydrogen) atoms. The van der Waals surface area contributed by atoms with Crippen LogP contribution in [0.3, 0.4) is 0 Å². The molecule has 1 heterocycles. The number of aromatic nitrogens is 1. The third-order valence-corrected chi connectivity index (χ3v) is 1.78. The third-order valence-electron chi connectivity index (χ3n) is 1.78.